The molecule has 1 saturated heterocycles. The Morgan fingerprint density at radius 3 is 2.70 bits per heavy atom. The van der Waals surface area contributed by atoms with E-state index in [1.54, 1.807) is 4.90 Å². The number of rotatable bonds is 3. The van der Waals surface area contributed by atoms with Crippen LogP contribution in [0.4, 0.5) is 5.69 Å². The lowest BCUT2D eigenvalue weighted by molar-refractivity contribution is -0.121. The highest BCUT2D eigenvalue weighted by Crippen LogP contribution is 2.35. The minimum atomic E-state index is -0.0474. The molecule has 2 rings (SSSR count). The first-order chi connectivity index (χ1) is 9.45. The minimum Gasteiger partial charge on any atom is -0.376 e. The molecule has 20 heavy (non-hydrogen) atoms. The Balaban J connectivity index is 2.40. The van der Waals surface area contributed by atoms with Crippen molar-refractivity contribution in [3.8, 4) is 0 Å². The first-order valence-corrected chi connectivity index (χ1v) is 7.77. The summed E-state index contributed by atoms with van der Waals surface area (Å²) in [5.41, 5.74) is 1.75. The van der Waals surface area contributed by atoms with E-state index in [0.29, 0.717) is 20.8 Å². The number of amides is 1. The SMILES string of the molecule is CCN1C(=O)/C(=C/c2cccc(N(C)C)c2Cl)SC1=S. The fourth-order valence-corrected chi connectivity index (χ4v) is 3.63. The van der Waals surface area contributed by atoms with Crippen LogP contribution in [0, 0.1) is 0 Å². The molecule has 0 aromatic heterocycles. The van der Waals surface area contributed by atoms with Crippen molar-refractivity contribution < 1.29 is 4.79 Å². The third-order valence-electron chi connectivity index (χ3n) is 2.97. The predicted octanol–water partition coefficient (Wildman–Crippen LogP) is 3.63. The van der Waals surface area contributed by atoms with Crippen LogP contribution in [0.15, 0.2) is 23.1 Å². The molecule has 0 radical (unpaired) electrons. The quantitative estimate of drug-likeness (QED) is 0.625. The van der Waals surface area contributed by atoms with Gasteiger partial charge in [0, 0.05) is 20.6 Å². The molecular formula is C14H15ClN2OS2. The van der Waals surface area contributed by atoms with Crippen LogP contribution in [0.5, 0.6) is 0 Å². The number of halogens is 1. The van der Waals surface area contributed by atoms with Crippen molar-refractivity contribution in [2.75, 3.05) is 25.5 Å². The number of thioether (sulfide) groups is 1. The van der Waals surface area contributed by atoms with Gasteiger partial charge in [0.25, 0.3) is 5.91 Å². The Labute approximate surface area is 133 Å². The summed E-state index contributed by atoms with van der Waals surface area (Å²) < 4.78 is 0.601. The molecule has 0 N–H and O–H groups in total. The van der Waals surface area contributed by atoms with Gasteiger partial charge in [-0.2, -0.15) is 0 Å². The van der Waals surface area contributed by atoms with Crippen molar-refractivity contribution in [2.24, 2.45) is 0 Å². The first kappa shape index (κ1) is 15.4. The maximum atomic E-state index is 12.2. The van der Waals surface area contributed by atoms with Crippen molar-refractivity contribution in [2.45, 2.75) is 6.92 Å². The third-order valence-corrected chi connectivity index (χ3v) is 4.76. The summed E-state index contributed by atoms with van der Waals surface area (Å²) in [6.45, 7) is 2.50. The molecule has 1 aliphatic heterocycles. The van der Waals surface area contributed by atoms with E-state index in [4.69, 9.17) is 23.8 Å². The van der Waals surface area contributed by atoms with E-state index in [9.17, 15) is 4.79 Å². The number of anilines is 1. The summed E-state index contributed by atoms with van der Waals surface area (Å²) in [6, 6.07) is 5.76. The Morgan fingerprint density at radius 1 is 1.45 bits per heavy atom. The Hall–Kier alpha value is -1.04. The van der Waals surface area contributed by atoms with Crippen molar-refractivity contribution >= 4 is 57.6 Å². The predicted molar refractivity (Wildman–Crippen MR) is 91.3 cm³/mol. The number of hydrogen-bond donors (Lipinski definition) is 0. The number of likely N-dealkylation sites (N-methyl/N-ethyl adjacent to an activating group) is 1. The maximum absolute atomic E-state index is 12.2. The molecule has 1 fully saturated rings. The summed E-state index contributed by atoms with van der Waals surface area (Å²) in [4.78, 5) is 16.3. The molecule has 0 spiro atoms. The largest absolute Gasteiger partial charge is 0.376 e. The van der Waals surface area contributed by atoms with Crippen LogP contribution in [-0.2, 0) is 4.79 Å². The summed E-state index contributed by atoms with van der Waals surface area (Å²) in [7, 11) is 3.86. The normalized spacial score (nSPS) is 17.2. The molecule has 1 heterocycles. The van der Waals surface area contributed by atoms with Gasteiger partial charge < -0.3 is 4.90 Å². The maximum Gasteiger partial charge on any atom is 0.266 e. The zero-order valence-electron chi connectivity index (χ0n) is 11.5. The molecule has 0 aliphatic carbocycles. The summed E-state index contributed by atoms with van der Waals surface area (Å²) >= 11 is 12.9. The highest BCUT2D eigenvalue weighted by molar-refractivity contribution is 8.26. The molecule has 0 atom stereocenters. The van der Waals surface area contributed by atoms with E-state index in [1.165, 1.54) is 11.8 Å². The number of hydrogen-bond acceptors (Lipinski definition) is 4. The standard InChI is InChI=1S/C14H15ClN2OS2/c1-4-17-13(18)11(20-14(17)19)8-9-6-5-7-10(12(9)15)16(2)3/h5-8H,4H2,1-3H3/b11-8-. The Bertz CT molecular complexity index is 599. The molecule has 3 nitrogen and oxygen atoms in total. The van der Waals surface area contributed by atoms with Crippen LogP contribution in [0.3, 0.4) is 0 Å². The van der Waals surface area contributed by atoms with E-state index in [2.05, 4.69) is 0 Å². The van der Waals surface area contributed by atoms with E-state index in [1.807, 2.05) is 50.2 Å². The van der Waals surface area contributed by atoms with E-state index in [0.717, 1.165) is 11.3 Å². The zero-order chi connectivity index (χ0) is 14.9. The second kappa shape index (κ2) is 6.16. The van der Waals surface area contributed by atoms with Crippen LogP contribution in [-0.4, -0.2) is 35.8 Å². The highest BCUT2D eigenvalue weighted by Gasteiger charge is 2.30. The van der Waals surface area contributed by atoms with Gasteiger partial charge in [-0.1, -0.05) is 47.7 Å². The van der Waals surface area contributed by atoms with Gasteiger partial charge in [-0.25, -0.2) is 0 Å². The second-order valence-electron chi connectivity index (χ2n) is 4.50. The van der Waals surface area contributed by atoms with Gasteiger partial charge in [-0.05, 0) is 24.6 Å². The number of thiocarbonyl (C=S) groups is 1. The molecule has 106 valence electrons. The zero-order valence-corrected chi connectivity index (χ0v) is 13.9. The van der Waals surface area contributed by atoms with E-state index >= 15 is 0 Å². The van der Waals surface area contributed by atoms with Gasteiger partial charge in [0.15, 0.2) is 0 Å². The third kappa shape index (κ3) is 2.85. The number of carbonyl (C=O) groups is 1. The Morgan fingerprint density at radius 2 is 2.15 bits per heavy atom. The monoisotopic (exact) mass is 326 g/mol. The highest BCUT2D eigenvalue weighted by atomic mass is 35.5. The van der Waals surface area contributed by atoms with Crippen LogP contribution >= 0.6 is 35.6 Å². The van der Waals surface area contributed by atoms with Gasteiger partial charge in [-0.15, -0.1) is 0 Å². The lowest BCUT2D eigenvalue weighted by atomic mass is 10.1. The average Bonchev–Trinajstić information content (AvgIpc) is 2.66. The molecule has 1 aromatic carbocycles. The molecule has 0 saturated carbocycles. The Kier molecular flexibility index (Phi) is 4.73. The summed E-state index contributed by atoms with van der Waals surface area (Å²) in [5, 5.41) is 0.638. The van der Waals surface area contributed by atoms with Gasteiger partial charge in [0.05, 0.1) is 15.6 Å². The van der Waals surface area contributed by atoms with Crippen LogP contribution in [0.25, 0.3) is 6.08 Å². The molecule has 1 aliphatic rings. The van der Waals surface area contributed by atoms with Crippen molar-refractivity contribution in [1.82, 2.24) is 4.90 Å². The van der Waals surface area contributed by atoms with Crippen LogP contribution < -0.4 is 4.90 Å². The van der Waals surface area contributed by atoms with Gasteiger partial charge in [0.2, 0.25) is 0 Å². The van der Waals surface area contributed by atoms with E-state index < -0.39 is 0 Å². The van der Waals surface area contributed by atoms with Gasteiger partial charge in [0.1, 0.15) is 4.32 Å². The van der Waals surface area contributed by atoms with Gasteiger partial charge >= 0.3 is 0 Å². The molecular weight excluding hydrogens is 312 g/mol. The fourth-order valence-electron chi connectivity index (χ4n) is 1.91. The smallest absolute Gasteiger partial charge is 0.266 e. The van der Waals surface area contributed by atoms with E-state index in [-0.39, 0.29) is 5.91 Å². The number of nitrogens with zero attached hydrogens (tertiary/aromatic N) is 2. The number of benzene rings is 1. The first-order valence-electron chi connectivity index (χ1n) is 6.17. The van der Waals surface area contributed by atoms with Gasteiger partial charge in [-0.3, -0.25) is 9.69 Å². The van der Waals surface area contributed by atoms with Crippen LogP contribution in [0.2, 0.25) is 5.02 Å². The summed E-state index contributed by atoms with van der Waals surface area (Å²) in [6.07, 6.45) is 1.81. The van der Waals surface area contributed by atoms with Crippen LogP contribution in [0.1, 0.15) is 12.5 Å². The molecule has 1 amide bonds. The minimum absolute atomic E-state index is 0.0474. The number of carbonyl (C=O) groups excluding carboxylic acids is 1. The van der Waals surface area contributed by atoms with Crippen molar-refractivity contribution in [1.29, 1.82) is 0 Å². The lowest BCUT2D eigenvalue weighted by Gasteiger charge is -2.15. The molecule has 1 aromatic rings. The molecule has 0 unspecified atom stereocenters. The second-order valence-corrected chi connectivity index (χ2v) is 6.55. The summed E-state index contributed by atoms with van der Waals surface area (Å²) in [5.74, 6) is -0.0474. The fraction of sp³-hybridized carbons (Fsp3) is 0.286. The average molecular weight is 327 g/mol. The lowest BCUT2D eigenvalue weighted by Crippen LogP contribution is -2.27. The van der Waals surface area contributed by atoms with Crippen molar-refractivity contribution in [3.05, 3.63) is 33.7 Å². The molecule has 0 bridgehead atoms. The van der Waals surface area contributed by atoms with Crippen molar-refractivity contribution in [3.63, 3.8) is 0 Å². The topological polar surface area (TPSA) is 23.6 Å². The molecule has 6 heteroatoms.